The third kappa shape index (κ3) is 3.23. The molecule has 0 radical (unpaired) electrons. The highest BCUT2D eigenvalue weighted by atomic mass is 16.3. The van der Waals surface area contributed by atoms with E-state index in [1.165, 1.54) is 11.1 Å². The fourth-order valence-corrected chi connectivity index (χ4v) is 3.77. The first kappa shape index (κ1) is 16.9. The molecule has 5 rings (SSSR count). The van der Waals surface area contributed by atoms with E-state index in [2.05, 4.69) is 45.4 Å². The van der Waals surface area contributed by atoms with Crippen LogP contribution in [-0.4, -0.2) is 31.2 Å². The first-order chi connectivity index (χ1) is 13.8. The minimum Gasteiger partial charge on any atom is -0.461 e. The summed E-state index contributed by atoms with van der Waals surface area (Å²) in [5.74, 6) is 1.38. The van der Waals surface area contributed by atoms with E-state index < -0.39 is 0 Å². The van der Waals surface area contributed by atoms with Crippen molar-refractivity contribution in [2.24, 2.45) is 7.05 Å². The molecule has 4 aromatic rings. The second kappa shape index (κ2) is 7.05. The Hall–Kier alpha value is -3.25. The third-order valence-corrected chi connectivity index (χ3v) is 5.10. The average molecular weight is 371 g/mol. The minimum absolute atomic E-state index is 0.663. The highest BCUT2D eigenvalue weighted by Crippen LogP contribution is 2.26. The standard InChI is InChI=1S/C22H21N5O/c1-26-13-18(21(25-26)16-6-3-2-4-7-16)15-27-10-9-19-17(14-27)12-23-22(24-19)20-8-5-11-28-20/h2-8,11-13H,9-10,14-15H2,1H3. The van der Waals surface area contributed by atoms with E-state index in [-0.39, 0.29) is 0 Å². The maximum atomic E-state index is 5.42. The van der Waals surface area contributed by atoms with Crippen molar-refractivity contribution in [3.63, 3.8) is 0 Å². The zero-order valence-corrected chi connectivity index (χ0v) is 15.7. The molecule has 0 amide bonds. The Morgan fingerprint density at radius 3 is 2.82 bits per heavy atom. The van der Waals surface area contributed by atoms with Crippen LogP contribution in [0, 0.1) is 0 Å². The highest BCUT2D eigenvalue weighted by molar-refractivity contribution is 5.62. The molecular formula is C22H21N5O. The molecule has 0 unspecified atom stereocenters. The van der Waals surface area contributed by atoms with Crippen molar-refractivity contribution in [1.29, 1.82) is 0 Å². The lowest BCUT2D eigenvalue weighted by Gasteiger charge is -2.27. The van der Waals surface area contributed by atoms with Gasteiger partial charge in [-0.15, -0.1) is 0 Å². The molecule has 0 bridgehead atoms. The van der Waals surface area contributed by atoms with Crippen LogP contribution < -0.4 is 0 Å². The normalized spacial score (nSPS) is 14.2. The van der Waals surface area contributed by atoms with Crippen LogP contribution >= 0.6 is 0 Å². The Bertz CT molecular complexity index is 1090. The van der Waals surface area contributed by atoms with Gasteiger partial charge in [-0.2, -0.15) is 5.10 Å². The van der Waals surface area contributed by atoms with Gasteiger partial charge in [0, 0.05) is 62.2 Å². The van der Waals surface area contributed by atoms with Gasteiger partial charge in [0.2, 0.25) is 0 Å². The number of furan rings is 1. The number of benzene rings is 1. The molecule has 1 aliphatic rings. The Balaban J connectivity index is 1.37. The summed E-state index contributed by atoms with van der Waals surface area (Å²) >= 11 is 0. The van der Waals surface area contributed by atoms with E-state index in [1.807, 2.05) is 36.1 Å². The number of aryl methyl sites for hydroxylation is 1. The number of rotatable bonds is 4. The fourth-order valence-electron chi connectivity index (χ4n) is 3.77. The molecule has 0 fully saturated rings. The highest BCUT2D eigenvalue weighted by Gasteiger charge is 2.21. The van der Waals surface area contributed by atoms with Gasteiger partial charge in [-0.1, -0.05) is 30.3 Å². The second-order valence-electron chi connectivity index (χ2n) is 7.15. The second-order valence-corrected chi connectivity index (χ2v) is 7.15. The summed E-state index contributed by atoms with van der Waals surface area (Å²) in [6, 6.07) is 14.1. The summed E-state index contributed by atoms with van der Waals surface area (Å²) in [5.41, 5.74) is 5.75. The summed E-state index contributed by atoms with van der Waals surface area (Å²) in [4.78, 5) is 11.6. The van der Waals surface area contributed by atoms with Crippen molar-refractivity contribution in [1.82, 2.24) is 24.6 Å². The summed E-state index contributed by atoms with van der Waals surface area (Å²) in [6.45, 7) is 2.67. The minimum atomic E-state index is 0.663. The van der Waals surface area contributed by atoms with Gasteiger partial charge in [-0.05, 0) is 12.1 Å². The van der Waals surface area contributed by atoms with Crippen molar-refractivity contribution >= 4 is 0 Å². The van der Waals surface area contributed by atoms with E-state index in [9.17, 15) is 0 Å². The van der Waals surface area contributed by atoms with Gasteiger partial charge in [0.15, 0.2) is 11.6 Å². The zero-order chi connectivity index (χ0) is 18.9. The molecule has 28 heavy (non-hydrogen) atoms. The van der Waals surface area contributed by atoms with Gasteiger partial charge in [-0.3, -0.25) is 9.58 Å². The lowest BCUT2D eigenvalue weighted by Crippen LogP contribution is -2.31. The largest absolute Gasteiger partial charge is 0.461 e. The first-order valence-corrected chi connectivity index (χ1v) is 9.45. The molecular weight excluding hydrogens is 350 g/mol. The van der Waals surface area contributed by atoms with Gasteiger partial charge in [0.1, 0.15) is 0 Å². The molecule has 4 heterocycles. The average Bonchev–Trinajstić information content (AvgIpc) is 3.38. The maximum Gasteiger partial charge on any atom is 0.195 e. The maximum absolute atomic E-state index is 5.42. The summed E-state index contributed by atoms with van der Waals surface area (Å²) in [6.07, 6.45) is 6.62. The molecule has 1 aliphatic heterocycles. The van der Waals surface area contributed by atoms with Crippen LogP contribution in [0.5, 0.6) is 0 Å². The molecule has 3 aromatic heterocycles. The van der Waals surface area contributed by atoms with Gasteiger partial charge < -0.3 is 4.42 Å². The fraction of sp³-hybridized carbons (Fsp3) is 0.227. The lowest BCUT2D eigenvalue weighted by atomic mass is 10.0. The molecule has 6 heteroatoms. The predicted molar refractivity (Wildman–Crippen MR) is 106 cm³/mol. The van der Waals surface area contributed by atoms with Crippen LogP contribution in [0.25, 0.3) is 22.8 Å². The molecule has 0 spiro atoms. The van der Waals surface area contributed by atoms with E-state index in [0.717, 1.165) is 43.0 Å². The number of hydrogen-bond acceptors (Lipinski definition) is 5. The van der Waals surface area contributed by atoms with Crippen LogP contribution in [-0.2, 0) is 26.6 Å². The molecule has 140 valence electrons. The molecule has 0 aliphatic carbocycles. The molecule has 0 saturated heterocycles. The number of hydrogen-bond donors (Lipinski definition) is 0. The summed E-state index contributed by atoms with van der Waals surface area (Å²) in [5, 5.41) is 4.69. The van der Waals surface area contributed by atoms with Gasteiger partial charge in [0.25, 0.3) is 0 Å². The number of fused-ring (bicyclic) bond motifs is 1. The van der Waals surface area contributed by atoms with Crippen molar-refractivity contribution < 1.29 is 4.42 Å². The van der Waals surface area contributed by atoms with E-state index >= 15 is 0 Å². The smallest absolute Gasteiger partial charge is 0.195 e. The molecule has 6 nitrogen and oxygen atoms in total. The zero-order valence-electron chi connectivity index (χ0n) is 15.7. The molecule has 0 saturated carbocycles. The first-order valence-electron chi connectivity index (χ1n) is 9.45. The monoisotopic (exact) mass is 371 g/mol. The SMILES string of the molecule is Cn1cc(CN2CCc3nc(-c4ccco4)ncc3C2)c(-c2ccccc2)n1. The van der Waals surface area contributed by atoms with E-state index in [1.54, 1.807) is 6.26 Å². The number of aromatic nitrogens is 4. The van der Waals surface area contributed by atoms with Crippen LogP contribution in [0.2, 0.25) is 0 Å². The van der Waals surface area contributed by atoms with Crippen LogP contribution in [0.4, 0.5) is 0 Å². The Morgan fingerprint density at radius 2 is 2.00 bits per heavy atom. The van der Waals surface area contributed by atoms with Crippen molar-refractivity contribution in [3.8, 4) is 22.8 Å². The Kier molecular flexibility index (Phi) is 4.25. The van der Waals surface area contributed by atoms with Crippen molar-refractivity contribution in [3.05, 3.63) is 77.9 Å². The van der Waals surface area contributed by atoms with Gasteiger partial charge >= 0.3 is 0 Å². The topological polar surface area (TPSA) is 60.0 Å². The predicted octanol–water partition coefficient (Wildman–Crippen LogP) is 3.70. The number of nitrogens with zero attached hydrogens (tertiary/aromatic N) is 5. The van der Waals surface area contributed by atoms with Crippen LogP contribution in [0.3, 0.4) is 0 Å². The molecule has 0 atom stereocenters. The lowest BCUT2D eigenvalue weighted by molar-refractivity contribution is 0.243. The molecule has 1 aromatic carbocycles. The Morgan fingerprint density at radius 1 is 1.11 bits per heavy atom. The quantitative estimate of drug-likeness (QED) is 0.547. The van der Waals surface area contributed by atoms with Gasteiger partial charge in [0.05, 0.1) is 17.7 Å². The summed E-state index contributed by atoms with van der Waals surface area (Å²) < 4.78 is 7.32. The van der Waals surface area contributed by atoms with Crippen molar-refractivity contribution in [2.45, 2.75) is 19.5 Å². The third-order valence-electron chi connectivity index (χ3n) is 5.10. The van der Waals surface area contributed by atoms with Crippen LogP contribution in [0.1, 0.15) is 16.8 Å². The van der Waals surface area contributed by atoms with E-state index in [4.69, 9.17) is 9.40 Å². The Labute approximate surface area is 163 Å². The molecule has 0 N–H and O–H groups in total. The van der Waals surface area contributed by atoms with Crippen molar-refractivity contribution in [2.75, 3.05) is 6.54 Å². The summed E-state index contributed by atoms with van der Waals surface area (Å²) in [7, 11) is 1.98. The van der Waals surface area contributed by atoms with E-state index in [0.29, 0.717) is 11.6 Å². The van der Waals surface area contributed by atoms with Crippen LogP contribution in [0.15, 0.2) is 65.5 Å². The van der Waals surface area contributed by atoms with Gasteiger partial charge in [-0.25, -0.2) is 9.97 Å².